The van der Waals surface area contributed by atoms with Gasteiger partial charge in [0.1, 0.15) is 5.75 Å². The zero-order chi connectivity index (χ0) is 16.7. The van der Waals surface area contributed by atoms with Gasteiger partial charge in [-0.3, -0.25) is 4.79 Å². The van der Waals surface area contributed by atoms with Crippen LogP contribution in [0.1, 0.15) is 5.56 Å². The van der Waals surface area contributed by atoms with Gasteiger partial charge in [0.05, 0.1) is 19.9 Å². The van der Waals surface area contributed by atoms with Crippen molar-refractivity contribution in [3.05, 3.63) is 57.5 Å². The van der Waals surface area contributed by atoms with E-state index in [-0.39, 0.29) is 12.5 Å². The second kappa shape index (κ2) is 8.55. The second-order valence-electron chi connectivity index (χ2n) is 4.54. The summed E-state index contributed by atoms with van der Waals surface area (Å²) in [6.07, 6.45) is 1.53. The molecular weight excluding hydrogens is 382 g/mol. The van der Waals surface area contributed by atoms with Crippen LogP contribution in [0.2, 0.25) is 5.02 Å². The molecule has 0 bridgehead atoms. The Labute approximate surface area is 147 Å². The summed E-state index contributed by atoms with van der Waals surface area (Å²) in [5.74, 6) is 0.413. The van der Waals surface area contributed by atoms with Gasteiger partial charge >= 0.3 is 0 Å². The number of hydrogen-bond acceptors (Lipinski definition) is 4. The SMILES string of the molecule is COc1ccc(Br)cc1/C=N/NC(=O)CNc1ccc(Cl)cc1. The molecule has 2 N–H and O–H groups in total. The molecule has 0 aliphatic carbocycles. The lowest BCUT2D eigenvalue weighted by atomic mass is 10.2. The van der Waals surface area contributed by atoms with E-state index in [1.807, 2.05) is 18.2 Å². The van der Waals surface area contributed by atoms with Gasteiger partial charge in [-0.2, -0.15) is 5.10 Å². The van der Waals surface area contributed by atoms with Crippen molar-refractivity contribution in [1.82, 2.24) is 5.43 Å². The standard InChI is InChI=1S/C16H15BrClN3O2/c1-23-15-7-2-12(17)8-11(15)9-20-21-16(22)10-19-14-5-3-13(18)4-6-14/h2-9,19H,10H2,1H3,(H,21,22)/b20-9+. The van der Waals surface area contributed by atoms with Crippen LogP contribution >= 0.6 is 27.5 Å². The molecule has 7 heteroatoms. The van der Waals surface area contributed by atoms with Crippen molar-refractivity contribution in [2.24, 2.45) is 5.10 Å². The molecule has 0 saturated carbocycles. The predicted molar refractivity (Wildman–Crippen MR) is 96.4 cm³/mol. The van der Waals surface area contributed by atoms with Crippen molar-refractivity contribution in [3.8, 4) is 5.75 Å². The van der Waals surface area contributed by atoms with E-state index in [1.54, 1.807) is 31.4 Å². The van der Waals surface area contributed by atoms with E-state index in [2.05, 4.69) is 31.8 Å². The number of hydrazone groups is 1. The third kappa shape index (κ3) is 5.58. The molecule has 120 valence electrons. The van der Waals surface area contributed by atoms with Crippen LogP contribution in [0.25, 0.3) is 0 Å². The van der Waals surface area contributed by atoms with E-state index < -0.39 is 0 Å². The topological polar surface area (TPSA) is 62.7 Å². The molecule has 23 heavy (non-hydrogen) atoms. The first-order chi connectivity index (χ1) is 11.1. The predicted octanol–water partition coefficient (Wildman–Crippen LogP) is 3.67. The van der Waals surface area contributed by atoms with Gasteiger partial charge < -0.3 is 10.1 Å². The minimum atomic E-state index is -0.259. The molecule has 2 aromatic rings. The van der Waals surface area contributed by atoms with Crippen LogP contribution in [-0.4, -0.2) is 25.8 Å². The zero-order valence-electron chi connectivity index (χ0n) is 12.3. The van der Waals surface area contributed by atoms with E-state index in [9.17, 15) is 4.79 Å². The van der Waals surface area contributed by atoms with Gasteiger partial charge in [0.15, 0.2) is 0 Å². The van der Waals surface area contributed by atoms with Crippen molar-refractivity contribution in [2.75, 3.05) is 19.0 Å². The number of benzene rings is 2. The van der Waals surface area contributed by atoms with Crippen molar-refractivity contribution in [3.63, 3.8) is 0 Å². The van der Waals surface area contributed by atoms with Crippen LogP contribution < -0.4 is 15.5 Å². The normalized spacial score (nSPS) is 10.6. The van der Waals surface area contributed by atoms with E-state index in [0.717, 1.165) is 15.7 Å². The third-order valence-electron chi connectivity index (χ3n) is 2.88. The van der Waals surface area contributed by atoms with E-state index in [4.69, 9.17) is 16.3 Å². The molecule has 5 nitrogen and oxygen atoms in total. The fourth-order valence-electron chi connectivity index (χ4n) is 1.77. The number of ether oxygens (including phenoxy) is 1. The largest absolute Gasteiger partial charge is 0.496 e. The lowest BCUT2D eigenvalue weighted by Gasteiger charge is -2.06. The molecule has 0 fully saturated rings. The highest BCUT2D eigenvalue weighted by Crippen LogP contribution is 2.21. The fraction of sp³-hybridized carbons (Fsp3) is 0.125. The van der Waals surface area contributed by atoms with Crippen LogP contribution in [0.3, 0.4) is 0 Å². The first-order valence-electron chi connectivity index (χ1n) is 6.73. The Hall–Kier alpha value is -2.05. The minimum Gasteiger partial charge on any atom is -0.496 e. The Morgan fingerprint density at radius 3 is 2.74 bits per heavy atom. The monoisotopic (exact) mass is 395 g/mol. The smallest absolute Gasteiger partial charge is 0.259 e. The molecule has 0 atom stereocenters. The van der Waals surface area contributed by atoms with Crippen molar-refractivity contribution < 1.29 is 9.53 Å². The van der Waals surface area contributed by atoms with Crippen LogP contribution in [0.15, 0.2) is 52.0 Å². The van der Waals surface area contributed by atoms with Gasteiger partial charge in [-0.15, -0.1) is 0 Å². The summed E-state index contributed by atoms with van der Waals surface area (Å²) in [5.41, 5.74) is 4.02. The Balaban J connectivity index is 1.86. The molecule has 0 aliphatic rings. The molecule has 2 aromatic carbocycles. The molecule has 1 amide bonds. The van der Waals surface area contributed by atoms with E-state index >= 15 is 0 Å². The first-order valence-corrected chi connectivity index (χ1v) is 7.90. The third-order valence-corrected chi connectivity index (χ3v) is 3.63. The number of carbonyl (C=O) groups excluding carboxylic acids is 1. The number of halogens is 2. The van der Waals surface area contributed by atoms with Gasteiger partial charge in [0.25, 0.3) is 5.91 Å². The molecule has 0 unspecified atom stereocenters. The van der Waals surface area contributed by atoms with Gasteiger partial charge in [0.2, 0.25) is 0 Å². The number of nitrogens with zero attached hydrogens (tertiary/aromatic N) is 1. The Bertz CT molecular complexity index is 705. The average molecular weight is 397 g/mol. The van der Waals surface area contributed by atoms with Gasteiger partial charge in [0, 0.05) is 20.7 Å². The number of nitrogens with one attached hydrogen (secondary N) is 2. The number of amides is 1. The van der Waals surface area contributed by atoms with E-state index in [1.165, 1.54) is 6.21 Å². The summed E-state index contributed by atoms with van der Waals surface area (Å²) in [5, 5.41) is 7.55. The van der Waals surface area contributed by atoms with Crippen LogP contribution in [0, 0.1) is 0 Å². The molecule has 0 radical (unpaired) electrons. The van der Waals surface area contributed by atoms with Gasteiger partial charge in [-0.05, 0) is 42.5 Å². The van der Waals surface area contributed by atoms with Crippen molar-refractivity contribution in [1.29, 1.82) is 0 Å². The molecule has 2 rings (SSSR count). The quantitative estimate of drug-likeness (QED) is 0.578. The summed E-state index contributed by atoms with van der Waals surface area (Å²) in [4.78, 5) is 11.7. The number of rotatable bonds is 6. The highest BCUT2D eigenvalue weighted by atomic mass is 79.9. The fourth-order valence-corrected chi connectivity index (χ4v) is 2.27. The molecule has 0 spiro atoms. The molecule has 0 saturated heterocycles. The van der Waals surface area contributed by atoms with E-state index in [0.29, 0.717) is 10.8 Å². The average Bonchev–Trinajstić information content (AvgIpc) is 2.54. The summed E-state index contributed by atoms with van der Waals surface area (Å²) in [6.45, 7) is 0.106. The number of anilines is 1. The van der Waals surface area contributed by atoms with Crippen LogP contribution in [0.4, 0.5) is 5.69 Å². The van der Waals surface area contributed by atoms with Crippen LogP contribution in [0.5, 0.6) is 5.75 Å². The van der Waals surface area contributed by atoms with Gasteiger partial charge in [-0.1, -0.05) is 27.5 Å². The Kier molecular flexibility index (Phi) is 6.43. The lowest BCUT2D eigenvalue weighted by molar-refractivity contribution is -0.119. The summed E-state index contributed by atoms with van der Waals surface area (Å²) >= 11 is 9.18. The minimum absolute atomic E-state index is 0.106. The Morgan fingerprint density at radius 2 is 2.04 bits per heavy atom. The summed E-state index contributed by atoms with van der Waals surface area (Å²) in [7, 11) is 1.58. The maximum absolute atomic E-state index is 11.7. The molecule has 0 aromatic heterocycles. The van der Waals surface area contributed by atoms with Gasteiger partial charge in [-0.25, -0.2) is 5.43 Å². The first kappa shape index (κ1) is 17.3. The van der Waals surface area contributed by atoms with Crippen LogP contribution in [-0.2, 0) is 4.79 Å². The number of hydrogen-bond donors (Lipinski definition) is 2. The zero-order valence-corrected chi connectivity index (χ0v) is 14.7. The molecular formula is C16H15BrClN3O2. The number of methoxy groups -OCH3 is 1. The molecule has 0 aliphatic heterocycles. The summed E-state index contributed by atoms with van der Waals surface area (Å²) < 4.78 is 6.12. The molecule has 0 heterocycles. The maximum Gasteiger partial charge on any atom is 0.259 e. The highest BCUT2D eigenvalue weighted by Gasteiger charge is 2.02. The maximum atomic E-state index is 11.7. The second-order valence-corrected chi connectivity index (χ2v) is 5.89. The Morgan fingerprint density at radius 1 is 1.30 bits per heavy atom. The van der Waals surface area contributed by atoms with Crippen molar-refractivity contribution in [2.45, 2.75) is 0 Å². The highest BCUT2D eigenvalue weighted by molar-refractivity contribution is 9.10. The lowest BCUT2D eigenvalue weighted by Crippen LogP contribution is -2.25. The van der Waals surface area contributed by atoms with Crippen molar-refractivity contribution >= 4 is 45.3 Å². The number of carbonyl (C=O) groups is 1. The summed E-state index contributed by atoms with van der Waals surface area (Å²) in [6, 6.07) is 12.6.